The summed E-state index contributed by atoms with van der Waals surface area (Å²) in [6.45, 7) is 1.08. The van der Waals surface area contributed by atoms with Gasteiger partial charge in [0.2, 0.25) is 0 Å². The van der Waals surface area contributed by atoms with Gasteiger partial charge in [-0.15, -0.1) is 0 Å². The minimum absolute atomic E-state index is 0.112. The molecule has 1 fully saturated rings. The van der Waals surface area contributed by atoms with Gasteiger partial charge in [-0.1, -0.05) is 23.2 Å². The van der Waals surface area contributed by atoms with Gasteiger partial charge in [0.05, 0.1) is 12.2 Å². The third-order valence-corrected chi connectivity index (χ3v) is 3.17. The summed E-state index contributed by atoms with van der Waals surface area (Å²) in [7, 11) is 0. The predicted molar refractivity (Wildman–Crippen MR) is 68.9 cm³/mol. The molecule has 94 valence electrons. The van der Waals surface area contributed by atoms with Crippen LogP contribution in [0.3, 0.4) is 0 Å². The minimum Gasteiger partial charge on any atom is -0.491 e. The molecule has 0 amide bonds. The van der Waals surface area contributed by atoms with Crippen LogP contribution in [0.15, 0.2) is 18.2 Å². The molecule has 0 aliphatic carbocycles. The lowest BCUT2D eigenvalue weighted by molar-refractivity contribution is 0.0222. The van der Waals surface area contributed by atoms with Crippen LogP contribution in [0.2, 0.25) is 10.0 Å². The molecule has 2 N–H and O–H groups in total. The fourth-order valence-electron chi connectivity index (χ4n) is 1.88. The summed E-state index contributed by atoms with van der Waals surface area (Å²) < 4.78 is 11.3. The lowest BCUT2D eigenvalue weighted by Crippen LogP contribution is -2.23. The third-order valence-electron chi connectivity index (χ3n) is 2.73. The van der Waals surface area contributed by atoms with Crippen molar-refractivity contribution in [1.29, 1.82) is 0 Å². The minimum atomic E-state index is 0.112. The Morgan fingerprint density at radius 1 is 1.18 bits per heavy atom. The van der Waals surface area contributed by atoms with E-state index in [0.717, 1.165) is 12.8 Å². The number of ether oxygens (including phenoxy) is 2. The van der Waals surface area contributed by atoms with Crippen LogP contribution >= 0.6 is 23.2 Å². The Morgan fingerprint density at radius 3 is 2.41 bits per heavy atom. The van der Waals surface area contributed by atoms with Crippen molar-refractivity contribution in [2.75, 3.05) is 13.2 Å². The number of nitrogens with two attached hydrogens (primary N) is 1. The molecule has 17 heavy (non-hydrogen) atoms. The van der Waals surface area contributed by atoms with E-state index < -0.39 is 0 Å². The Labute approximate surface area is 111 Å². The molecule has 2 unspecified atom stereocenters. The van der Waals surface area contributed by atoms with Crippen molar-refractivity contribution >= 4 is 23.2 Å². The van der Waals surface area contributed by atoms with E-state index in [4.69, 9.17) is 38.4 Å². The van der Waals surface area contributed by atoms with E-state index in [9.17, 15) is 0 Å². The highest BCUT2D eigenvalue weighted by Gasteiger charge is 2.24. The van der Waals surface area contributed by atoms with Crippen molar-refractivity contribution in [3.63, 3.8) is 0 Å². The topological polar surface area (TPSA) is 44.5 Å². The molecular formula is C12H15Cl2NO2. The quantitative estimate of drug-likeness (QED) is 0.919. The van der Waals surface area contributed by atoms with Gasteiger partial charge in [0.1, 0.15) is 12.4 Å². The molecule has 1 saturated heterocycles. The highest BCUT2D eigenvalue weighted by Crippen LogP contribution is 2.25. The second-order valence-corrected chi connectivity index (χ2v) is 4.98. The molecule has 1 aromatic rings. The molecule has 5 heteroatoms. The van der Waals surface area contributed by atoms with Gasteiger partial charge in [0.25, 0.3) is 0 Å². The van der Waals surface area contributed by atoms with Gasteiger partial charge in [0, 0.05) is 16.6 Å². The molecule has 2 rings (SSSR count). The molecule has 1 aliphatic heterocycles. The summed E-state index contributed by atoms with van der Waals surface area (Å²) in [6.07, 6.45) is 2.27. The zero-order chi connectivity index (χ0) is 12.3. The van der Waals surface area contributed by atoms with Crippen molar-refractivity contribution < 1.29 is 9.47 Å². The first kappa shape index (κ1) is 13.0. The molecular weight excluding hydrogens is 261 g/mol. The van der Waals surface area contributed by atoms with Crippen molar-refractivity contribution in [2.45, 2.75) is 25.0 Å². The molecule has 0 saturated carbocycles. The second kappa shape index (κ2) is 5.91. The van der Waals surface area contributed by atoms with Crippen LogP contribution in [0.5, 0.6) is 5.75 Å². The molecule has 0 aromatic heterocycles. The van der Waals surface area contributed by atoms with E-state index in [1.165, 1.54) is 0 Å². The van der Waals surface area contributed by atoms with E-state index in [1.54, 1.807) is 18.2 Å². The smallest absolute Gasteiger partial charge is 0.122 e. The Balaban J connectivity index is 1.85. The highest BCUT2D eigenvalue weighted by molar-refractivity contribution is 6.34. The molecule has 0 radical (unpaired) electrons. The highest BCUT2D eigenvalue weighted by atomic mass is 35.5. The van der Waals surface area contributed by atoms with Crippen LogP contribution in [0.4, 0.5) is 0 Å². The Bertz CT molecular complexity index is 367. The summed E-state index contributed by atoms with van der Waals surface area (Å²) in [5, 5.41) is 1.14. The van der Waals surface area contributed by atoms with Gasteiger partial charge >= 0.3 is 0 Å². The predicted octanol–water partition coefficient (Wildman–Crippen LogP) is 2.88. The van der Waals surface area contributed by atoms with Gasteiger partial charge in [-0.25, -0.2) is 0 Å². The van der Waals surface area contributed by atoms with Gasteiger partial charge in [-0.3, -0.25) is 0 Å². The van der Waals surface area contributed by atoms with Crippen LogP contribution < -0.4 is 10.5 Å². The summed E-state index contributed by atoms with van der Waals surface area (Å²) in [5.41, 5.74) is 5.54. The van der Waals surface area contributed by atoms with E-state index in [2.05, 4.69) is 0 Å². The fraction of sp³-hybridized carbons (Fsp3) is 0.500. The van der Waals surface area contributed by atoms with Crippen molar-refractivity contribution in [2.24, 2.45) is 5.73 Å². The second-order valence-electron chi connectivity index (χ2n) is 4.11. The number of hydrogen-bond donors (Lipinski definition) is 1. The van der Waals surface area contributed by atoms with E-state index in [-0.39, 0.29) is 12.2 Å². The van der Waals surface area contributed by atoms with Crippen LogP contribution in [-0.2, 0) is 4.74 Å². The SMILES string of the molecule is NCC1CCC(COc2cc(Cl)cc(Cl)c2)O1. The first-order valence-corrected chi connectivity index (χ1v) is 6.37. The maximum Gasteiger partial charge on any atom is 0.122 e. The van der Waals surface area contributed by atoms with Crippen LogP contribution in [0, 0.1) is 0 Å². The lowest BCUT2D eigenvalue weighted by Gasteiger charge is -2.13. The average Bonchev–Trinajstić information content (AvgIpc) is 2.73. The molecule has 1 heterocycles. The normalized spacial score (nSPS) is 23.9. The van der Waals surface area contributed by atoms with Crippen molar-refractivity contribution in [3.8, 4) is 5.75 Å². The van der Waals surface area contributed by atoms with Gasteiger partial charge in [-0.2, -0.15) is 0 Å². The number of benzene rings is 1. The summed E-state index contributed by atoms with van der Waals surface area (Å²) in [5.74, 6) is 0.669. The maximum absolute atomic E-state index is 5.88. The summed E-state index contributed by atoms with van der Waals surface area (Å²) >= 11 is 11.8. The maximum atomic E-state index is 5.88. The summed E-state index contributed by atoms with van der Waals surface area (Å²) in [4.78, 5) is 0. The largest absolute Gasteiger partial charge is 0.491 e. The molecule has 2 atom stereocenters. The fourth-order valence-corrected chi connectivity index (χ4v) is 2.38. The lowest BCUT2D eigenvalue weighted by atomic mass is 10.2. The Kier molecular flexibility index (Phi) is 4.51. The van der Waals surface area contributed by atoms with Crippen LogP contribution in [-0.4, -0.2) is 25.4 Å². The first-order valence-electron chi connectivity index (χ1n) is 5.62. The number of rotatable bonds is 4. The van der Waals surface area contributed by atoms with E-state index >= 15 is 0 Å². The third kappa shape index (κ3) is 3.75. The van der Waals surface area contributed by atoms with E-state index in [1.807, 2.05) is 0 Å². The Hall–Kier alpha value is -0.480. The summed E-state index contributed by atoms with van der Waals surface area (Å²) in [6, 6.07) is 5.15. The number of hydrogen-bond acceptors (Lipinski definition) is 3. The van der Waals surface area contributed by atoms with Crippen molar-refractivity contribution in [1.82, 2.24) is 0 Å². The van der Waals surface area contributed by atoms with Crippen LogP contribution in [0.1, 0.15) is 12.8 Å². The zero-order valence-corrected chi connectivity index (χ0v) is 10.9. The van der Waals surface area contributed by atoms with E-state index in [0.29, 0.717) is 28.9 Å². The molecule has 1 aromatic carbocycles. The zero-order valence-electron chi connectivity index (χ0n) is 9.36. The van der Waals surface area contributed by atoms with Gasteiger partial charge in [0.15, 0.2) is 0 Å². The molecule has 0 spiro atoms. The Morgan fingerprint density at radius 2 is 1.82 bits per heavy atom. The molecule has 1 aliphatic rings. The monoisotopic (exact) mass is 275 g/mol. The van der Waals surface area contributed by atoms with Gasteiger partial charge < -0.3 is 15.2 Å². The molecule has 3 nitrogen and oxygen atoms in total. The standard InChI is InChI=1S/C12H15Cl2NO2/c13-8-3-9(14)5-12(4-8)16-7-11-2-1-10(6-15)17-11/h3-5,10-11H,1-2,6-7,15H2. The molecule has 0 bridgehead atoms. The average molecular weight is 276 g/mol. The number of halogens is 2. The van der Waals surface area contributed by atoms with Gasteiger partial charge in [-0.05, 0) is 31.0 Å². The van der Waals surface area contributed by atoms with Crippen molar-refractivity contribution in [3.05, 3.63) is 28.2 Å². The van der Waals surface area contributed by atoms with Crippen LogP contribution in [0.25, 0.3) is 0 Å². The first-order chi connectivity index (χ1) is 8.17.